The van der Waals surface area contributed by atoms with Crippen LogP contribution in [0.15, 0.2) is 24.3 Å². The minimum Gasteiger partial charge on any atom is -0.379 e. The number of ether oxygens (including phenoxy) is 1. The first kappa shape index (κ1) is 10.2. The molecule has 1 heterocycles. The Labute approximate surface area is 98.2 Å². The fourth-order valence-electron chi connectivity index (χ4n) is 1.70. The van der Waals surface area contributed by atoms with Gasteiger partial charge >= 0.3 is 0 Å². The predicted octanol–water partition coefficient (Wildman–Crippen LogP) is 2.88. The smallest absolute Gasteiger partial charge is 0.0748 e. The van der Waals surface area contributed by atoms with Crippen LogP contribution in [0.2, 0.25) is 0 Å². The van der Waals surface area contributed by atoms with Crippen molar-refractivity contribution in [1.82, 2.24) is 0 Å². The zero-order chi connectivity index (χ0) is 9.97. The molecule has 0 radical (unpaired) electrons. The quantitative estimate of drug-likeness (QED) is 0.848. The number of nitrogens with one attached hydrogen (secondary N) is 1. The zero-order valence-corrected chi connectivity index (χ0v) is 10.3. The van der Waals surface area contributed by atoms with E-state index in [1.54, 1.807) is 0 Å². The van der Waals surface area contributed by atoms with Crippen molar-refractivity contribution in [3.8, 4) is 0 Å². The molecule has 0 spiro atoms. The van der Waals surface area contributed by atoms with Crippen LogP contribution in [0.1, 0.15) is 13.3 Å². The lowest BCUT2D eigenvalue weighted by Crippen LogP contribution is -2.26. The summed E-state index contributed by atoms with van der Waals surface area (Å²) in [5.74, 6) is 0. The molecular formula is C11H14INO. The van der Waals surface area contributed by atoms with E-state index in [0.29, 0.717) is 12.1 Å². The third-order valence-electron chi connectivity index (χ3n) is 2.59. The molecule has 2 nitrogen and oxygen atoms in total. The summed E-state index contributed by atoms with van der Waals surface area (Å²) in [4.78, 5) is 0. The molecule has 0 aliphatic carbocycles. The van der Waals surface area contributed by atoms with Crippen molar-refractivity contribution in [3.63, 3.8) is 0 Å². The highest BCUT2D eigenvalue weighted by atomic mass is 127. The molecular weight excluding hydrogens is 289 g/mol. The zero-order valence-electron chi connectivity index (χ0n) is 8.16. The summed E-state index contributed by atoms with van der Waals surface area (Å²) in [5.41, 5.74) is 1.22. The average molecular weight is 303 g/mol. The lowest BCUT2D eigenvalue weighted by atomic mass is 10.1. The summed E-state index contributed by atoms with van der Waals surface area (Å²) in [5, 5.41) is 3.53. The monoisotopic (exact) mass is 303 g/mol. The van der Waals surface area contributed by atoms with Crippen molar-refractivity contribution >= 4 is 28.3 Å². The number of halogens is 1. The molecule has 76 valence electrons. The third-order valence-corrected chi connectivity index (χ3v) is 3.53. The maximum absolute atomic E-state index is 5.51. The van der Waals surface area contributed by atoms with Gasteiger partial charge in [0.2, 0.25) is 0 Å². The third kappa shape index (κ3) is 2.20. The number of hydrogen-bond acceptors (Lipinski definition) is 2. The maximum atomic E-state index is 5.51. The second-order valence-corrected chi connectivity index (χ2v) is 4.76. The van der Waals surface area contributed by atoms with E-state index in [1.165, 1.54) is 9.26 Å². The second-order valence-electron chi connectivity index (χ2n) is 3.60. The van der Waals surface area contributed by atoms with Crippen LogP contribution in [0.25, 0.3) is 0 Å². The highest BCUT2D eigenvalue weighted by Crippen LogP contribution is 2.22. The van der Waals surface area contributed by atoms with E-state index in [1.807, 2.05) is 0 Å². The molecule has 1 aliphatic heterocycles. The van der Waals surface area contributed by atoms with Crippen molar-refractivity contribution in [2.24, 2.45) is 0 Å². The topological polar surface area (TPSA) is 21.3 Å². The number of hydrogen-bond donors (Lipinski definition) is 1. The molecule has 14 heavy (non-hydrogen) atoms. The summed E-state index contributed by atoms with van der Waals surface area (Å²) in [6, 6.07) is 8.81. The molecule has 1 saturated heterocycles. The summed E-state index contributed by atoms with van der Waals surface area (Å²) in [6.45, 7) is 3.00. The molecule has 3 heteroatoms. The normalized spacial score (nSPS) is 26.4. The lowest BCUT2D eigenvalue weighted by Gasteiger charge is -2.18. The van der Waals surface area contributed by atoms with Gasteiger partial charge < -0.3 is 10.1 Å². The first-order chi connectivity index (χ1) is 6.77. The fourth-order valence-corrected chi connectivity index (χ4v) is 2.24. The number of anilines is 1. The van der Waals surface area contributed by atoms with Crippen LogP contribution in [-0.2, 0) is 4.74 Å². The summed E-state index contributed by atoms with van der Waals surface area (Å²) in [7, 11) is 0. The van der Waals surface area contributed by atoms with Crippen LogP contribution < -0.4 is 5.32 Å². The van der Waals surface area contributed by atoms with E-state index >= 15 is 0 Å². The highest BCUT2D eigenvalue weighted by Gasteiger charge is 2.24. The highest BCUT2D eigenvalue weighted by molar-refractivity contribution is 14.1. The fraction of sp³-hybridized carbons (Fsp3) is 0.455. The van der Waals surface area contributed by atoms with Gasteiger partial charge in [-0.1, -0.05) is 12.1 Å². The van der Waals surface area contributed by atoms with Crippen molar-refractivity contribution in [2.75, 3.05) is 11.9 Å². The van der Waals surface area contributed by atoms with Crippen LogP contribution in [0, 0.1) is 3.57 Å². The Morgan fingerprint density at radius 2 is 2.21 bits per heavy atom. The minimum absolute atomic E-state index is 0.325. The molecule has 1 aromatic carbocycles. The lowest BCUT2D eigenvalue weighted by molar-refractivity contribution is 0.121. The minimum atomic E-state index is 0.325. The van der Waals surface area contributed by atoms with Crippen LogP contribution in [0.4, 0.5) is 5.69 Å². The Balaban J connectivity index is 2.07. The van der Waals surface area contributed by atoms with E-state index in [4.69, 9.17) is 4.74 Å². The molecule has 2 unspecified atom stereocenters. The van der Waals surface area contributed by atoms with Gasteiger partial charge in [-0.25, -0.2) is 0 Å². The molecule has 2 atom stereocenters. The number of rotatable bonds is 2. The molecule has 1 aliphatic rings. The summed E-state index contributed by atoms with van der Waals surface area (Å²) >= 11 is 2.35. The van der Waals surface area contributed by atoms with Crippen molar-refractivity contribution in [1.29, 1.82) is 0 Å². The molecule has 2 rings (SSSR count). The second kappa shape index (κ2) is 4.49. The van der Waals surface area contributed by atoms with Gasteiger partial charge in [-0.05, 0) is 48.1 Å². The van der Waals surface area contributed by atoms with E-state index in [-0.39, 0.29) is 0 Å². The van der Waals surface area contributed by atoms with Gasteiger partial charge in [0.1, 0.15) is 0 Å². The Morgan fingerprint density at radius 3 is 2.86 bits per heavy atom. The van der Waals surface area contributed by atoms with Gasteiger partial charge in [-0.2, -0.15) is 0 Å². The Kier molecular flexibility index (Phi) is 3.28. The molecule has 1 fully saturated rings. The SMILES string of the molecule is CC1OCCC1Nc1ccccc1I. The van der Waals surface area contributed by atoms with E-state index in [0.717, 1.165) is 13.0 Å². The van der Waals surface area contributed by atoms with Crippen molar-refractivity contribution < 1.29 is 4.74 Å². The molecule has 0 aromatic heterocycles. The number of para-hydroxylation sites is 1. The molecule has 1 aromatic rings. The van der Waals surface area contributed by atoms with E-state index in [9.17, 15) is 0 Å². The first-order valence-corrected chi connectivity index (χ1v) is 5.98. The Morgan fingerprint density at radius 1 is 1.43 bits per heavy atom. The molecule has 0 amide bonds. The first-order valence-electron chi connectivity index (χ1n) is 4.90. The maximum Gasteiger partial charge on any atom is 0.0748 e. The predicted molar refractivity (Wildman–Crippen MR) is 66.6 cm³/mol. The largest absolute Gasteiger partial charge is 0.379 e. The van der Waals surface area contributed by atoms with Gasteiger partial charge in [0.25, 0.3) is 0 Å². The van der Waals surface area contributed by atoms with E-state index in [2.05, 4.69) is 59.1 Å². The van der Waals surface area contributed by atoms with Gasteiger partial charge in [0, 0.05) is 15.9 Å². The van der Waals surface area contributed by atoms with Gasteiger partial charge in [-0.15, -0.1) is 0 Å². The summed E-state index contributed by atoms with van der Waals surface area (Å²) < 4.78 is 6.78. The van der Waals surface area contributed by atoms with Gasteiger partial charge in [0.05, 0.1) is 12.1 Å². The van der Waals surface area contributed by atoms with Crippen LogP contribution in [-0.4, -0.2) is 18.8 Å². The molecule has 0 bridgehead atoms. The van der Waals surface area contributed by atoms with Gasteiger partial charge in [-0.3, -0.25) is 0 Å². The van der Waals surface area contributed by atoms with Gasteiger partial charge in [0.15, 0.2) is 0 Å². The van der Waals surface area contributed by atoms with Crippen LogP contribution in [0.3, 0.4) is 0 Å². The Hall–Kier alpha value is -0.290. The molecule has 1 N–H and O–H groups in total. The number of benzene rings is 1. The Bertz CT molecular complexity index is 316. The van der Waals surface area contributed by atoms with Crippen LogP contribution >= 0.6 is 22.6 Å². The van der Waals surface area contributed by atoms with Crippen molar-refractivity contribution in [2.45, 2.75) is 25.5 Å². The van der Waals surface area contributed by atoms with Crippen LogP contribution in [0.5, 0.6) is 0 Å². The standard InChI is InChI=1S/C11H14INO/c1-8-10(6-7-14-8)13-11-5-3-2-4-9(11)12/h2-5,8,10,13H,6-7H2,1H3. The molecule has 0 saturated carbocycles. The average Bonchev–Trinajstić information content (AvgIpc) is 2.56. The summed E-state index contributed by atoms with van der Waals surface area (Å²) in [6.07, 6.45) is 1.43. The van der Waals surface area contributed by atoms with Crippen molar-refractivity contribution in [3.05, 3.63) is 27.8 Å². The van der Waals surface area contributed by atoms with E-state index < -0.39 is 0 Å².